The molecule has 7 nitrogen and oxygen atoms in total. The summed E-state index contributed by atoms with van der Waals surface area (Å²) in [6.45, 7) is 1.07. The molecule has 0 aliphatic carbocycles. The van der Waals surface area contributed by atoms with Crippen LogP contribution in [0.4, 0.5) is 0 Å². The van der Waals surface area contributed by atoms with E-state index in [0.29, 0.717) is 25.1 Å². The Morgan fingerprint density at radius 3 is 2.96 bits per heavy atom. The van der Waals surface area contributed by atoms with E-state index < -0.39 is 5.91 Å². The van der Waals surface area contributed by atoms with E-state index >= 15 is 0 Å². The molecule has 2 atom stereocenters. The molecule has 4 rings (SSSR count). The zero-order valence-corrected chi connectivity index (χ0v) is 14.8. The first kappa shape index (κ1) is 17.5. The summed E-state index contributed by atoms with van der Waals surface area (Å²) < 4.78 is 11.5. The highest BCUT2D eigenvalue weighted by Gasteiger charge is 2.28. The van der Waals surface area contributed by atoms with Gasteiger partial charge in [0.25, 0.3) is 0 Å². The van der Waals surface area contributed by atoms with Gasteiger partial charge in [-0.3, -0.25) is 14.6 Å². The quantitative estimate of drug-likeness (QED) is 0.832. The average molecular weight is 367 g/mol. The van der Waals surface area contributed by atoms with Crippen molar-refractivity contribution >= 4 is 11.8 Å². The molecule has 1 aromatic carbocycles. The molecule has 1 aromatic heterocycles. The molecule has 2 aliphatic heterocycles. The van der Waals surface area contributed by atoms with Crippen LogP contribution in [0.3, 0.4) is 0 Å². The number of rotatable bonds is 5. The van der Waals surface area contributed by atoms with E-state index in [-0.39, 0.29) is 18.1 Å². The van der Waals surface area contributed by atoms with E-state index in [2.05, 4.69) is 10.3 Å². The minimum atomic E-state index is -0.521. The van der Waals surface area contributed by atoms with Crippen LogP contribution in [0.1, 0.15) is 28.8 Å². The normalized spacial score (nSPS) is 20.7. The Labute approximate surface area is 156 Å². The predicted octanol–water partition coefficient (Wildman–Crippen LogP) is 1.45. The van der Waals surface area contributed by atoms with Gasteiger partial charge >= 0.3 is 0 Å². The molecule has 3 N–H and O–H groups in total. The van der Waals surface area contributed by atoms with Crippen LogP contribution in [-0.2, 0) is 16.0 Å². The maximum absolute atomic E-state index is 12.1. The van der Waals surface area contributed by atoms with Crippen molar-refractivity contribution < 1.29 is 19.1 Å². The molecule has 2 unspecified atom stereocenters. The summed E-state index contributed by atoms with van der Waals surface area (Å²) in [5.41, 5.74) is 8.40. The monoisotopic (exact) mass is 367 g/mol. The number of carbonyl (C=O) groups is 2. The molecule has 1 saturated heterocycles. The van der Waals surface area contributed by atoms with Gasteiger partial charge in [0, 0.05) is 36.5 Å². The number of para-hydroxylation sites is 1. The lowest BCUT2D eigenvalue weighted by Gasteiger charge is -2.15. The second-order valence-electron chi connectivity index (χ2n) is 6.81. The minimum absolute atomic E-state index is 0.0781. The third-order valence-electron chi connectivity index (χ3n) is 4.89. The smallest absolute Gasteiger partial charge is 0.250 e. The van der Waals surface area contributed by atoms with Gasteiger partial charge in [-0.2, -0.15) is 0 Å². The third-order valence-corrected chi connectivity index (χ3v) is 4.89. The van der Waals surface area contributed by atoms with E-state index in [4.69, 9.17) is 15.2 Å². The van der Waals surface area contributed by atoms with Crippen LogP contribution < -0.4 is 15.8 Å². The summed E-state index contributed by atoms with van der Waals surface area (Å²) in [6, 6.07) is 7.59. The number of carbonyl (C=O) groups excluding carboxylic acids is 2. The van der Waals surface area contributed by atoms with E-state index in [9.17, 15) is 9.59 Å². The van der Waals surface area contributed by atoms with Gasteiger partial charge < -0.3 is 20.5 Å². The number of nitrogens with two attached hydrogens (primary N) is 1. The summed E-state index contributed by atoms with van der Waals surface area (Å²) in [5.74, 6) is 0.162. The Morgan fingerprint density at radius 1 is 1.30 bits per heavy atom. The molecule has 1 fully saturated rings. The van der Waals surface area contributed by atoms with Crippen molar-refractivity contribution in [2.75, 3.05) is 13.2 Å². The first-order valence-corrected chi connectivity index (χ1v) is 9.05. The minimum Gasteiger partial charge on any atom is -0.487 e. The fourth-order valence-corrected chi connectivity index (χ4v) is 3.51. The predicted molar refractivity (Wildman–Crippen MR) is 98.3 cm³/mol. The number of nitrogens with zero attached hydrogens (tertiary/aromatic N) is 1. The molecular weight excluding hydrogens is 346 g/mol. The van der Waals surface area contributed by atoms with E-state index in [1.54, 1.807) is 12.3 Å². The van der Waals surface area contributed by atoms with Crippen molar-refractivity contribution in [3.8, 4) is 16.9 Å². The highest BCUT2D eigenvalue weighted by atomic mass is 16.5. The molecule has 0 saturated carbocycles. The van der Waals surface area contributed by atoms with Crippen LogP contribution in [0.5, 0.6) is 5.75 Å². The van der Waals surface area contributed by atoms with Crippen LogP contribution in [-0.4, -0.2) is 42.2 Å². The Balaban J connectivity index is 1.48. The second kappa shape index (κ2) is 7.36. The number of hydrogen-bond donors (Lipinski definition) is 2. The van der Waals surface area contributed by atoms with Crippen LogP contribution in [0.25, 0.3) is 11.1 Å². The van der Waals surface area contributed by atoms with Crippen LogP contribution in [0.15, 0.2) is 36.7 Å². The van der Waals surface area contributed by atoms with Gasteiger partial charge in [-0.1, -0.05) is 18.2 Å². The van der Waals surface area contributed by atoms with Gasteiger partial charge in [-0.15, -0.1) is 0 Å². The number of primary amides is 1. The van der Waals surface area contributed by atoms with Gasteiger partial charge in [0.2, 0.25) is 11.8 Å². The Kier molecular flexibility index (Phi) is 4.77. The number of fused-ring (bicyclic) bond motifs is 1. The summed E-state index contributed by atoms with van der Waals surface area (Å²) in [4.78, 5) is 27.7. The van der Waals surface area contributed by atoms with Crippen LogP contribution in [0, 0.1) is 0 Å². The number of ether oxygens (including phenoxy) is 2. The molecule has 0 radical (unpaired) electrons. The zero-order valence-electron chi connectivity index (χ0n) is 14.8. The first-order valence-electron chi connectivity index (χ1n) is 9.05. The topological polar surface area (TPSA) is 104 Å². The highest BCUT2D eigenvalue weighted by Crippen LogP contribution is 2.38. The fourth-order valence-electron chi connectivity index (χ4n) is 3.51. The molecule has 3 heterocycles. The molecule has 2 aliphatic rings. The number of hydrogen-bond acceptors (Lipinski definition) is 5. The molecular formula is C20H21N3O4. The van der Waals surface area contributed by atoms with Gasteiger partial charge in [-0.05, 0) is 24.5 Å². The number of pyridine rings is 1. The average Bonchev–Trinajstić information content (AvgIpc) is 3.35. The Bertz CT molecular complexity index is 877. The van der Waals surface area contributed by atoms with E-state index in [0.717, 1.165) is 35.3 Å². The van der Waals surface area contributed by atoms with Crippen LogP contribution in [0.2, 0.25) is 0 Å². The maximum Gasteiger partial charge on any atom is 0.250 e. The summed E-state index contributed by atoms with van der Waals surface area (Å²) >= 11 is 0. The first-order chi connectivity index (χ1) is 13.1. The van der Waals surface area contributed by atoms with Crippen LogP contribution >= 0.6 is 0 Å². The molecule has 140 valence electrons. The third kappa shape index (κ3) is 3.64. The second-order valence-corrected chi connectivity index (χ2v) is 6.81. The standard InChI is InChI=1S/C20H21N3O4/c21-19(24)14-7-13(9-22-10-14)16-4-1-3-12-8-15(27-18(12)16)11-23-20(25)17-5-2-6-26-17/h1,3-4,7,9-10,15,17H,2,5-6,8,11H2,(H2,21,24)(H,23,25). The summed E-state index contributed by atoms with van der Waals surface area (Å²) in [6.07, 6.45) is 5.04. The maximum atomic E-state index is 12.1. The SMILES string of the molecule is NC(=O)c1cncc(-c2cccc3c2OC(CNC(=O)C2CCCO2)C3)c1. The Morgan fingerprint density at radius 2 is 2.19 bits per heavy atom. The highest BCUT2D eigenvalue weighted by molar-refractivity contribution is 5.94. The molecule has 7 heteroatoms. The molecule has 0 bridgehead atoms. The largest absolute Gasteiger partial charge is 0.487 e. The van der Waals surface area contributed by atoms with Crippen molar-refractivity contribution in [2.24, 2.45) is 5.73 Å². The number of amides is 2. The lowest BCUT2D eigenvalue weighted by atomic mass is 10.0. The molecule has 2 amide bonds. The van der Waals surface area contributed by atoms with Crippen molar-refractivity contribution in [3.63, 3.8) is 0 Å². The van der Waals surface area contributed by atoms with Crippen molar-refractivity contribution in [2.45, 2.75) is 31.5 Å². The van der Waals surface area contributed by atoms with Gasteiger partial charge in [0.1, 0.15) is 18.0 Å². The Hall–Kier alpha value is -2.93. The lowest BCUT2D eigenvalue weighted by molar-refractivity contribution is -0.130. The molecule has 2 aromatic rings. The number of benzene rings is 1. The van der Waals surface area contributed by atoms with E-state index in [1.165, 1.54) is 6.20 Å². The van der Waals surface area contributed by atoms with Gasteiger partial charge in [0.05, 0.1) is 12.1 Å². The molecule has 0 spiro atoms. The van der Waals surface area contributed by atoms with Crippen molar-refractivity contribution in [1.82, 2.24) is 10.3 Å². The molecule has 27 heavy (non-hydrogen) atoms. The summed E-state index contributed by atoms with van der Waals surface area (Å²) in [5, 5.41) is 2.92. The van der Waals surface area contributed by atoms with Crippen molar-refractivity contribution in [1.29, 1.82) is 0 Å². The summed E-state index contributed by atoms with van der Waals surface area (Å²) in [7, 11) is 0. The van der Waals surface area contributed by atoms with Gasteiger partial charge in [0.15, 0.2) is 0 Å². The van der Waals surface area contributed by atoms with E-state index in [1.807, 2.05) is 18.2 Å². The van der Waals surface area contributed by atoms with Gasteiger partial charge in [-0.25, -0.2) is 0 Å². The van der Waals surface area contributed by atoms with Crippen molar-refractivity contribution in [3.05, 3.63) is 47.8 Å². The lowest BCUT2D eigenvalue weighted by Crippen LogP contribution is -2.40. The zero-order chi connectivity index (χ0) is 18.8. The number of nitrogens with one attached hydrogen (secondary N) is 1. The fraction of sp³-hybridized carbons (Fsp3) is 0.350. The number of aromatic nitrogens is 1.